The van der Waals surface area contributed by atoms with Crippen molar-refractivity contribution in [3.63, 3.8) is 0 Å². The van der Waals surface area contributed by atoms with Crippen LogP contribution in [0.2, 0.25) is 0 Å². The molecule has 0 aliphatic carbocycles. The van der Waals surface area contributed by atoms with Crippen molar-refractivity contribution in [1.82, 2.24) is 4.90 Å². The van der Waals surface area contributed by atoms with Gasteiger partial charge in [0.15, 0.2) is 0 Å². The van der Waals surface area contributed by atoms with Crippen LogP contribution in [0.5, 0.6) is 5.75 Å². The van der Waals surface area contributed by atoms with Crippen molar-refractivity contribution in [1.29, 1.82) is 0 Å². The second-order valence-corrected chi connectivity index (χ2v) is 8.45. The highest BCUT2D eigenvalue weighted by Crippen LogP contribution is 2.37. The Hall–Kier alpha value is -3.15. The number of likely N-dealkylation sites (tertiary alicyclic amines) is 1. The van der Waals surface area contributed by atoms with Crippen molar-refractivity contribution in [3.8, 4) is 5.75 Å². The number of halogens is 1. The summed E-state index contributed by atoms with van der Waals surface area (Å²) < 4.78 is 19.0. The molecule has 5 nitrogen and oxygen atoms in total. The zero-order valence-corrected chi connectivity index (χ0v) is 18.1. The molecule has 2 unspecified atom stereocenters. The van der Waals surface area contributed by atoms with E-state index in [4.69, 9.17) is 4.74 Å². The van der Waals surface area contributed by atoms with Gasteiger partial charge in [-0.15, -0.1) is 0 Å². The van der Waals surface area contributed by atoms with Crippen molar-refractivity contribution in [2.45, 2.75) is 27.2 Å². The first-order valence-corrected chi connectivity index (χ1v) is 10.8. The molecular formula is C25H27FN2O3. The van der Waals surface area contributed by atoms with E-state index in [1.54, 1.807) is 0 Å². The molecule has 2 atom stereocenters. The van der Waals surface area contributed by atoms with E-state index in [1.165, 1.54) is 24.3 Å². The van der Waals surface area contributed by atoms with Gasteiger partial charge in [-0.2, -0.15) is 0 Å². The monoisotopic (exact) mass is 422 g/mol. The van der Waals surface area contributed by atoms with Crippen LogP contribution >= 0.6 is 0 Å². The van der Waals surface area contributed by atoms with Crippen molar-refractivity contribution < 1.29 is 18.7 Å². The summed E-state index contributed by atoms with van der Waals surface area (Å²) in [7, 11) is 0. The highest BCUT2D eigenvalue weighted by atomic mass is 19.1. The number of rotatable bonds is 5. The van der Waals surface area contributed by atoms with Crippen molar-refractivity contribution in [2.75, 3.05) is 24.6 Å². The van der Waals surface area contributed by atoms with Gasteiger partial charge in [0.05, 0.1) is 17.9 Å². The summed E-state index contributed by atoms with van der Waals surface area (Å²) >= 11 is 0. The number of piperidine rings is 1. The molecule has 2 aliphatic heterocycles. The molecule has 2 aromatic carbocycles. The number of hydrogen-bond acceptors (Lipinski definition) is 4. The predicted molar refractivity (Wildman–Crippen MR) is 118 cm³/mol. The Kier molecular flexibility index (Phi) is 5.81. The Morgan fingerprint density at radius 2 is 1.55 bits per heavy atom. The van der Waals surface area contributed by atoms with Crippen LogP contribution in [0.25, 0.3) is 5.57 Å². The van der Waals surface area contributed by atoms with E-state index in [1.807, 2.05) is 36.1 Å². The average molecular weight is 423 g/mol. The average Bonchev–Trinajstić information content (AvgIpc) is 2.99. The van der Waals surface area contributed by atoms with Crippen LogP contribution in [0, 0.1) is 17.7 Å². The molecule has 0 saturated carbocycles. The zero-order valence-electron chi connectivity index (χ0n) is 18.1. The highest BCUT2D eigenvalue weighted by molar-refractivity contribution is 6.45. The lowest BCUT2D eigenvalue weighted by molar-refractivity contribution is -0.120. The molecule has 0 bridgehead atoms. The van der Waals surface area contributed by atoms with Gasteiger partial charge in [-0.1, -0.05) is 26.0 Å². The second-order valence-electron chi connectivity index (χ2n) is 8.45. The second kappa shape index (κ2) is 8.53. The summed E-state index contributed by atoms with van der Waals surface area (Å²) in [6, 6.07) is 12.7. The third kappa shape index (κ3) is 4.07. The van der Waals surface area contributed by atoms with Gasteiger partial charge in [-0.25, -0.2) is 9.29 Å². The van der Waals surface area contributed by atoms with E-state index in [0.717, 1.165) is 24.4 Å². The van der Waals surface area contributed by atoms with E-state index in [0.29, 0.717) is 46.7 Å². The molecule has 0 spiro atoms. The number of carbonyl (C=O) groups is 2. The first kappa shape index (κ1) is 21.1. The highest BCUT2D eigenvalue weighted by Gasteiger charge is 2.43. The van der Waals surface area contributed by atoms with Gasteiger partial charge in [0.25, 0.3) is 11.8 Å². The third-order valence-corrected chi connectivity index (χ3v) is 5.78. The van der Waals surface area contributed by atoms with Gasteiger partial charge in [0, 0.05) is 13.1 Å². The fourth-order valence-corrected chi connectivity index (χ4v) is 4.63. The van der Waals surface area contributed by atoms with Crippen LogP contribution in [-0.4, -0.2) is 36.4 Å². The number of hydrogen-bond donors (Lipinski definition) is 0. The SMILES string of the molecule is CCOc1ccc(C2=C(N3CC(C)CC(C)C3)C(=O)N(c3ccc(F)cc3)C2=O)cc1. The number of benzene rings is 2. The minimum absolute atomic E-state index is 0.359. The summed E-state index contributed by atoms with van der Waals surface area (Å²) in [6.45, 7) is 8.23. The third-order valence-electron chi connectivity index (χ3n) is 5.78. The molecule has 31 heavy (non-hydrogen) atoms. The summed E-state index contributed by atoms with van der Waals surface area (Å²) in [6.07, 6.45) is 1.09. The number of amides is 2. The van der Waals surface area contributed by atoms with Gasteiger partial charge in [-0.3, -0.25) is 9.59 Å². The van der Waals surface area contributed by atoms with Crippen LogP contribution in [0.3, 0.4) is 0 Å². The topological polar surface area (TPSA) is 49.9 Å². The fraction of sp³-hybridized carbons (Fsp3) is 0.360. The first-order valence-electron chi connectivity index (χ1n) is 10.8. The summed E-state index contributed by atoms with van der Waals surface area (Å²) in [4.78, 5) is 30.3. The van der Waals surface area contributed by atoms with E-state index in [2.05, 4.69) is 13.8 Å². The first-order chi connectivity index (χ1) is 14.9. The van der Waals surface area contributed by atoms with Crippen LogP contribution in [0.15, 0.2) is 54.2 Å². The molecule has 2 aromatic rings. The maximum atomic E-state index is 13.6. The summed E-state index contributed by atoms with van der Waals surface area (Å²) in [5.41, 5.74) is 1.86. The number of carbonyl (C=O) groups excluding carboxylic acids is 2. The molecule has 1 fully saturated rings. The maximum absolute atomic E-state index is 13.6. The van der Waals surface area contributed by atoms with Crippen molar-refractivity contribution in [3.05, 3.63) is 65.6 Å². The number of nitrogens with zero attached hydrogens (tertiary/aromatic N) is 2. The van der Waals surface area contributed by atoms with Crippen LogP contribution in [-0.2, 0) is 9.59 Å². The largest absolute Gasteiger partial charge is 0.494 e. The van der Waals surface area contributed by atoms with Gasteiger partial charge in [0.1, 0.15) is 17.3 Å². The van der Waals surface area contributed by atoms with Gasteiger partial charge in [-0.05, 0) is 67.1 Å². The smallest absolute Gasteiger partial charge is 0.282 e. The van der Waals surface area contributed by atoms with E-state index >= 15 is 0 Å². The molecule has 162 valence electrons. The van der Waals surface area contributed by atoms with Crippen molar-refractivity contribution in [2.24, 2.45) is 11.8 Å². The zero-order chi connectivity index (χ0) is 22.1. The van der Waals surface area contributed by atoms with Gasteiger partial charge < -0.3 is 9.64 Å². The van der Waals surface area contributed by atoms with Gasteiger partial charge >= 0.3 is 0 Å². The predicted octanol–water partition coefficient (Wildman–Crippen LogP) is 4.49. The van der Waals surface area contributed by atoms with Crippen molar-refractivity contribution >= 4 is 23.1 Å². The number of ether oxygens (including phenoxy) is 1. The minimum Gasteiger partial charge on any atom is -0.494 e. The number of imide groups is 1. The lowest BCUT2D eigenvalue weighted by atomic mass is 9.91. The van der Waals surface area contributed by atoms with Crippen LogP contribution in [0.4, 0.5) is 10.1 Å². The Labute approximate surface area is 182 Å². The lowest BCUT2D eigenvalue weighted by Crippen LogP contribution is -2.42. The molecule has 4 rings (SSSR count). The molecule has 0 aromatic heterocycles. The molecule has 2 heterocycles. The maximum Gasteiger partial charge on any atom is 0.282 e. The number of anilines is 1. The molecule has 2 aliphatic rings. The minimum atomic E-state index is -0.415. The molecule has 1 saturated heterocycles. The Bertz CT molecular complexity index is 1000. The Balaban J connectivity index is 1.79. The summed E-state index contributed by atoms with van der Waals surface area (Å²) in [5.74, 6) is 0.381. The normalized spacial score (nSPS) is 21.8. The summed E-state index contributed by atoms with van der Waals surface area (Å²) in [5, 5.41) is 0. The lowest BCUT2D eigenvalue weighted by Gasteiger charge is -2.37. The Morgan fingerprint density at radius 3 is 2.13 bits per heavy atom. The molecular weight excluding hydrogens is 395 g/mol. The molecule has 0 radical (unpaired) electrons. The molecule has 2 amide bonds. The fourth-order valence-electron chi connectivity index (χ4n) is 4.63. The van der Waals surface area contributed by atoms with E-state index in [-0.39, 0.29) is 11.8 Å². The van der Waals surface area contributed by atoms with Crippen LogP contribution < -0.4 is 9.64 Å². The Morgan fingerprint density at radius 1 is 0.935 bits per heavy atom. The molecule has 0 N–H and O–H groups in total. The quantitative estimate of drug-likeness (QED) is 0.667. The van der Waals surface area contributed by atoms with E-state index in [9.17, 15) is 14.0 Å². The molecule has 6 heteroatoms. The van der Waals surface area contributed by atoms with Gasteiger partial charge in [0.2, 0.25) is 0 Å². The van der Waals surface area contributed by atoms with E-state index < -0.39 is 5.82 Å². The standard InChI is InChI=1S/C25H27FN2O3/c1-4-31-21-11-5-18(6-12-21)22-23(27-14-16(2)13-17(3)15-27)25(30)28(24(22)29)20-9-7-19(26)8-10-20/h5-12,16-17H,4,13-15H2,1-3H3. The van der Waals surface area contributed by atoms with Crippen LogP contribution in [0.1, 0.15) is 32.8 Å².